The topological polar surface area (TPSA) is 64.1 Å². The summed E-state index contributed by atoms with van der Waals surface area (Å²) in [7, 11) is 3.38. The molecule has 140 valence electrons. The van der Waals surface area contributed by atoms with Crippen molar-refractivity contribution in [2.45, 2.75) is 13.5 Å². The number of methoxy groups -OCH3 is 1. The molecule has 0 unspecified atom stereocenters. The molecular weight excluding hydrogens is 330 g/mol. The van der Waals surface area contributed by atoms with Gasteiger partial charge < -0.3 is 24.8 Å². The first kappa shape index (κ1) is 19.4. The lowest BCUT2D eigenvalue weighted by Crippen LogP contribution is -2.38. The molecule has 0 bridgehead atoms. The van der Waals surface area contributed by atoms with Crippen LogP contribution in [0.1, 0.15) is 12.5 Å². The van der Waals surface area contributed by atoms with Gasteiger partial charge in [0.25, 0.3) is 0 Å². The lowest BCUT2D eigenvalue weighted by Gasteiger charge is -2.14. The van der Waals surface area contributed by atoms with E-state index in [-0.39, 0.29) is 0 Å². The maximum absolute atomic E-state index is 5.65. The Morgan fingerprint density at radius 3 is 2.50 bits per heavy atom. The summed E-state index contributed by atoms with van der Waals surface area (Å²) >= 11 is 0. The van der Waals surface area contributed by atoms with Crippen molar-refractivity contribution in [3.8, 4) is 17.2 Å². The van der Waals surface area contributed by atoms with Gasteiger partial charge in [0, 0.05) is 13.6 Å². The molecule has 0 atom stereocenters. The minimum Gasteiger partial charge on any atom is -0.493 e. The number of benzene rings is 2. The molecule has 0 amide bonds. The van der Waals surface area contributed by atoms with E-state index < -0.39 is 0 Å². The largest absolute Gasteiger partial charge is 0.493 e. The highest BCUT2D eigenvalue weighted by Crippen LogP contribution is 2.27. The summed E-state index contributed by atoms with van der Waals surface area (Å²) in [6.45, 7) is 4.40. The summed E-state index contributed by atoms with van der Waals surface area (Å²) in [4.78, 5) is 4.22. The van der Waals surface area contributed by atoms with Crippen LogP contribution in [0.25, 0.3) is 0 Å². The van der Waals surface area contributed by atoms with Crippen molar-refractivity contribution in [2.24, 2.45) is 4.99 Å². The Kier molecular flexibility index (Phi) is 8.12. The molecule has 0 fully saturated rings. The maximum atomic E-state index is 5.65. The van der Waals surface area contributed by atoms with Gasteiger partial charge in [0.1, 0.15) is 12.4 Å². The predicted octanol–water partition coefficient (Wildman–Crippen LogP) is 2.84. The van der Waals surface area contributed by atoms with Gasteiger partial charge in [-0.1, -0.05) is 24.3 Å². The second-order valence-electron chi connectivity index (χ2n) is 5.43. The van der Waals surface area contributed by atoms with Crippen LogP contribution in [0.15, 0.2) is 53.5 Å². The molecule has 26 heavy (non-hydrogen) atoms. The van der Waals surface area contributed by atoms with Crippen LogP contribution in [0.5, 0.6) is 17.2 Å². The van der Waals surface area contributed by atoms with Crippen LogP contribution in [0, 0.1) is 0 Å². The number of hydrogen-bond acceptors (Lipinski definition) is 4. The van der Waals surface area contributed by atoms with Crippen LogP contribution in [0.3, 0.4) is 0 Å². The van der Waals surface area contributed by atoms with Gasteiger partial charge in [-0.3, -0.25) is 4.99 Å². The number of ether oxygens (including phenoxy) is 3. The molecular formula is C20H27N3O3. The van der Waals surface area contributed by atoms with Gasteiger partial charge in [0.2, 0.25) is 0 Å². The van der Waals surface area contributed by atoms with Crippen LogP contribution in [0.2, 0.25) is 0 Å². The maximum Gasteiger partial charge on any atom is 0.191 e. The fraction of sp³-hybridized carbons (Fsp3) is 0.350. The number of nitrogens with zero attached hydrogens (tertiary/aromatic N) is 1. The number of para-hydroxylation sites is 1. The fourth-order valence-electron chi connectivity index (χ4n) is 2.36. The standard InChI is InChI=1S/C20H27N3O3/c1-4-25-18-11-10-16(14-19(18)24-3)15-23-20(21-2)22-12-13-26-17-8-6-5-7-9-17/h5-11,14H,4,12-13,15H2,1-3H3,(H2,21,22,23). The Balaban J connectivity index is 1.77. The second kappa shape index (κ2) is 10.9. The average molecular weight is 357 g/mol. The molecule has 0 aliphatic carbocycles. The molecule has 0 saturated heterocycles. The highest BCUT2D eigenvalue weighted by molar-refractivity contribution is 5.79. The number of guanidine groups is 1. The average Bonchev–Trinajstić information content (AvgIpc) is 2.69. The first-order valence-electron chi connectivity index (χ1n) is 8.69. The van der Waals surface area contributed by atoms with Crippen LogP contribution in [-0.4, -0.2) is 39.9 Å². The number of aliphatic imine (C=N–C) groups is 1. The van der Waals surface area contributed by atoms with Crippen molar-refractivity contribution in [3.05, 3.63) is 54.1 Å². The van der Waals surface area contributed by atoms with E-state index in [1.54, 1.807) is 14.2 Å². The molecule has 2 rings (SSSR count). The second-order valence-corrected chi connectivity index (χ2v) is 5.43. The van der Waals surface area contributed by atoms with E-state index in [2.05, 4.69) is 15.6 Å². The lowest BCUT2D eigenvalue weighted by molar-refractivity contribution is 0.310. The van der Waals surface area contributed by atoms with Gasteiger partial charge in [-0.15, -0.1) is 0 Å². The molecule has 0 aliphatic rings. The number of rotatable bonds is 9. The monoisotopic (exact) mass is 357 g/mol. The Morgan fingerprint density at radius 1 is 1.00 bits per heavy atom. The molecule has 0 aromatic heterocycles. The Labute approximate surface area is 155 Å². The van der Waals surface area contributed by atoms with E-state index in [1.165, 1.54) is 0 Å². The molecule has 0 heterocycles. The van der Waals surface area contributed by atoms with E-state index in [0.717, 1.165) is 28.8 Å². The summed E-state index contributed by atoms with van der Waals surface area (Å²) in [5, 5.41) is 6.50. The minimum atomic E-state index is 0.557. The van der Waals surface area contributed by atoms with E-state index in [4.69, 9.17) is 14.2 Å². The Hall–Kier alpha value is -2.89. The lowest BCUT2D eigenvalue weighted by atomic mass is 10.2. The molecule has 2 aromatic carbocycles. The minimum absolute atomic E-state index is 0.557. The van der Waals surface area contributed by atoms with Crippen molar-refractivity contribution in [2.75, 3.05) is 33.9 Å². The van der Waals surface area contributed by atoms with E-state index in [9.17, 15) is 0 Å². The summed E-state index contributed by atoms with van der Waals surface area (Å²) in [6, 6.07) is 15.6. The number of hydrogen-bond donors (Lipinski definition) is 2. The van der Waals surface area contributed by atoms with Gasteiger partial charge in [-0.05, 0) is 36.8 Å². The number of nitrogens with one attached hydrogen (secondary N) is 2. The van der Waals surface area contributed by atoms with Crippen molar-refractivity contribution in [3.63, 3.8) is 0 Å². The SMILES string of the molecule is CCOc1ccc(CNC(=NC)NCCOc2ccccc2)cc1OC. The molecule has 0 saturated carbocycles. The van der Waals surface area contributed by atoms with Gasteiger partial charge in [-0.2, -0.15) is 0 Å². The van der Waals surface area contributed by atoms with Crippen molar-refractivity contribution in [1.29, 1.82) is 0 Å². The van der Waals surface area contributed by atoms with Crippen molar-refractivity contribution < 1.29 is 14.2 Å². The molecule has 2 aromatic rings. The summed E-state index contributed by atoms with van der Waals surface area (Å²) in [5.74, 6) is 3.05. The first-order chi connectivity index (χ1) is 12.8. The molecule has 0 spiro atoms. The zero-order chi connectivity index (χ0) is 18.6. The summed E-state index contributed by atoms with van der Waals surface area (Å²) in [6.07, 6.45) is 0. The third-order valence-electron chi connectivity index (χ3n) is 3.62. The van der Waals surface area contributed by atoms with E-state index in [1.807, 2.05) is 55.5 Å². The molecule has 6 heteroatoms. The van der Waals surface area contributed by atoms with Gasteiger partial charge in [0.05, 0.1) is 20.3 Å². The smallest absolute Gasteiger partial charge is 0.191 e. The fourth-order valence-corrected chi connectivity index (χ4v) is 2.36. The van der Waals surface area contributed by atoms with Crippen molar-refractivity contribution in [1.82, 2.24) is 10.6 Å². The summed E-state index contributed by atoms with van der Waals surface area (Å²) < 4.78 is 16.6. The van der Waals surface area contributed by atoms with Crippen LogP contribution >= 0.6 is 0 Å². The normalized spacial score (nSPS) is 11.0. The van der Waals surface area contributed by atoms with Crippen LogP contribution in [0.4, 0.5) is 0 Å². The van der Waals surface area contributed by atoms with E-state index in [0.29, 0.717) is 26.3 Å². The third kappa shape index (κ3) is 6.20. The highest BCUT2D eigenvalue weighted by atomic mass is 16.5. The summed E-state index contributed by atoms with van der Waals surface area (Å²) in [5.41, 5.74) is 1.08. The zero-order valence-electron chi connectivity index (χ0n) is 15.6. The quantitative estimate of drug-likeness (QED) is 0.410. The predicted molar refractivity (Wildman–Crippen MR) is 104 cm³/mol. The van der Waals surface area contributed by atoms with Gasteiger partial charge in [0.15, 0.2) is 17.5 Å². The van der Waals surface area contributed by atoms with Crippen LogP contribution in [-0.2, 0) is 6.54 Å². The Bertz CT molecular complexity index is 690. The first-order valence-corrected chi connectivity index (χ1v) is 8.69. The zero-order valence-corrected chi connectivity index (χ0v) is 15.6. The molecule has 6 nitrogen and oxygen atoms in total. The Morgan fingerprint density at radius 2 is 1.81 bits per heavy atom. The van der Waals surface area contributed by atoms with Crippen LogP contribution < -0.4 is 24.8 Å². The molecule has 0 radical (unpaired) electrons. The van der Waals surface area contributed by atoms with Gasteiger partial charge in [-0.25, -0.2) is 0 Å². The molecule has 0 aliphatic heterocycles. The third-order valence-corrected chi connectivity index (χ3v) is 3.62. The highest BCUT2D eigenvalue weighted by Gasteiger charge is 2.06. The van der Waals surface area contributed by atoms with Gasteiger partial charge >= 0.3 is 0 Å². The van der Waals surface area contributed by atoms with E-state index >= 15 is 0 Å². The molecule has 2 N–H and O–H groups in total. The van der Waals surface area contributed by atoms with Crippen molar-refractivity contribution >= 4 is 5.96 Å².